The van der Waals surface area contributed by atoms with Crippen LogP contribution in [0.25, 0.3) is 11.1 Å². The van der Waals surface area contributed by atoms with Gasteiger partial charge in [-0.15, -0.1) is 0 Å². The predicted molar refractivity (Wildman–Crippen MR) is 83.8 cm³/mol. The number of nitrogens with zero attached hydrogens (tertiary/aromatic N) is 3. The second-order valence-corrected chi connectivity index (χ2v) is 5.82. The maximum absolute atomic E-state index is 12.9. The molecule has 3 heterocycles. The predicted octanol–water partition coefficient (Wildman–Crippen LogP) is 2.14. The van der Waals surface area contributed by atoms with E-state index in [0.717, 1.165) is 50.0 Å². The Bertz CT molecular complexity index is 661. The molecule has 1 saturated heterocycles. The molecule has 0 atom stereocenters. The van der Waals surface area contributed by atoms with Gasteiger partial charge in [0.15, 0.2) is 0 Å². The van der Waals surface area contributed by atoms with E-state index in [-0.39, 0.29) is 5.91 Å². The molecule has 22 heavy (non-hydrogen) atoms. The van der Waals surface area contributed by atoms with Crippen molar-refractivity contribution in [2.75, 3.05) is 19.6 Å². The Kier molecular flexibility index (Phi) is 4.38. The molecule has 0 unspecified atom stereocenters. The average Bonchev–Trinajstić information content (AvgIpc) is 2.93. The standard InChI is InChI=1S/C16H22N4O2/c1-3-8-20(13-4-6-17-7-5-13)16(21)12-9-14-11(2)19-22-15(14)18-10-12/h9-10,13,17H,3-8H2,1-2H3. The lowest BCUT2D eigenvalue weighted by molar-refractivity contribution is 0.0642. The molecule has 0 spiro atoms. The van der Waals surface area contributed by atoms with Gasteiger partial charge in [0.05, 0.1) is 16.6 Å². The molecule has 0 aliphatic carbocycles. The van der Waals surface area contributed by atoms with Crippen molar-refractivity contribution in [3.05, 3.63) is 23.5 Å². The zero-order valence-corrected chi connectivity index (χ0v) is 13.1. The lowest BCUT2D eigenvalue weighted by Crippen LogP contribution is -2.46. The number of hydrogen-bond acceptors (Lipinski definition) is 5. The molecule has 0 bridgehead atoms. The van der Waals surface area contributed by atoms with E-state index in [4.69, 9.17) is 4.52 Å². The number of amides is 1. The summed E-state index contributed by atoms with van der Waals surface area (Å²) >= 11 is 0. The van der Waals surface area contributed by atoms with Gasteiger partial charge >= 0.3 is 0 Å². The van der Waals surface area contributed by atoms with Crippen LogP contribution in [0.15, 0.2) is 16.8 Å². The van der Waals surface area contributed by atoms with Crippen LogP contribution in [-0.4, -0.2) is 46.6 Å². The first-order valence-corrected chi connectivity index (χ1v) is 7.94. The lowest BCUT2D eigenvalue weighted by atomic mass is 10.0. The molecular formula is C16H22N4O2. The average molecular weight is 302 g/mol. The molecule has 0 aromatic carbocycles. The molecule has 3 rings (SSSR count). The Hall–Kier alpha value is -1.95. The number of nitrogens with one attached hydrogen (secondary N) is 1. The van der Waals surface area contributed by atoms with Gasteiger partial charge in [-0.3, -0.25) is 4.79 Å². The molecule has 6 heteroatoms. The second kappa shape index (κ2) is 6.44. The molecule has 1 aliphatic rings. The SMILES string of the molecule is CCCN(C(=O)c1cnc2onc(C)c2c1)C1CCNCC1. The molecule has 0 radical (unpaired) electrons. The molecule has 1 fully saturated rings. The molecule has 1 N–H and O–H groups in total. The van der Waals surface area contributed by atoms with Gasteiger partial charge in [0.1, 0.15) is 0 Å². The zero-order chi connectivity index (χ0) is 15.5. The van der Waals surface area contributed by atoms with Crippen LogP contribution < -0.4 is 5.32 Å². The molecular weight excluding hydrogens is 280 g/mol. The van der Waals surface area contributed by atoms with Crippen molar-refractivity contribution >= 4 is 17.0 Å². The number of pyridine rings is 1. The maximum atomic E-state index is 12.9. The first kappa shape index (κ1) is 15.0. The van der Waals surface area contributed by atoms with E-state index in [1.807, 2.05) is 17.9 Å². The Morgan fingerprint density at radius 2 is 2.23 bits per heavy atom. The van der Waals surface area contributed by atoms with E-state index in [2.05, 4.69) is 22.4 Å². The molecule has 118 valence electrons. The third-order valence-electron chi connectivity index (χ3n) is 4.23. The first-order chi connectivity index (χ1) is 10.7. The summed E-state index contributed by atoms with van der Waals surface area (Å²) in [5.41, 5.74) is 1.87. The third kappa shape index (κ3) is 2.83. The van der Waals surface area contributed by atoms with Crippen LogP contribution in [0.5, 0.6) is 0 Å². The van der Waals surface area contributed by atoms with Gasteiger partial charge in [0, 0.05) is 18.8 Å². The van der Waals surface area contributed by atoms with E-state index >= 15 is 0 Å². The summed E-state index contributed by atoms with van der Waals surface area (Å²) in [4.78, 5) is 19.2. The summed E-state index contributed by atoms with van der Waals surface area (Å²) in [5.74, 6) is 0.0590. The highest BCUT2D eigenvalue weighted by Crippen LogP contribution is 2.20. The number of carbonyl (C=O) groups is 1. The largest absolute Gasteiger partial charge is 0.336 e. The van der Waals surface area contributed by atoms with E-state index in [1.54, 1.807) is 6.20 Å². The lowest BCUT2D eigenvalue weighted by Gasteiger charge is -2.34. The molecule has 2 aromatic rings. The molecule has 1 amide bonds. The monoisotopic (exact) mass is 302 g/mol. The number of hydrogen-bond donors (Lipinski definition) is 1. The number of aromatic nitrogens is 2. The summed E-state index contributed by atoms with van der Waals surface area (Å²) in [6, 6.07) is 2.16. The minimum atomic E-state index is 0.0590. The van der Waals surface area contributed by atoms with Gasteiger partial charge in [-0.2, -0.15) is 0 Å². The highest BCUT2D eigenvalue weighted by molar-refractivity contribution is 5.97. The minimum absolute atomic E-state index is 0.0590. The van der Waals surface area contributed by atoms with Gasteiger partial charge in [-0.1, -0.05) is 12.1 Å². The third-order valence-corrected chi connectivity index (χ3v) is 4.23. The second-order valence-electron chi connectivity index (χ2n) is 5.82. The number of carbonyl (C=O) groups excluding carboxylic acids is 1. The van der Waals surface area contributed by atoms with Crippen LogP contribution in [0.3, 0.4) is 0 Å². The topological polar surface area (TPSA) is 71.3 Å². The highest BCUT2D eigenvalue weighted by atomic mass is 16.5. The quantitative estimate of drug-likeness (QED) is 0.937. The van der Waals surface area contributed by atoms with E-state index in [9.17, 15) is 4.79 Å². The zero-order valence-electron chi connectivity index (χ0n) is 13.1. The summed E-state index contributed by atoms with van der Waals surface area (Å²) < 4.78 is 5.11. The van der Waals surface area contributed by atoms with Crippen molar-refractivity contribution in [3.63, 3.8) is 0 Å². The van der Waals surface area contributed by atoms with E-state index < -0.39 is 0 Å². The van der Waals surface area contributed by atoms with Gasteiger partial charge in [-0.05, 0) is 45.3 Å². The van der Waals surface area contributed by atoms with Crippen LogP contribution in [-0.2, 0) is 0 Å². The van der Waals surface area contributed by atoms with Crippen molar-refractivity contribution in [1.82, 2.24) is 20.4 Å². The van der Waals surface area contributed by atoms with Gasteiger partial charge in [0.2, 0.25) is 0 Å². The van der Waals surface area contributed by atoms with Crippen molar-refractivity contribution < 1.29 is 9.32 Å². The Morgan fingerprint density at radius 3 is 2.95 bits per heavy atom. The Labute approximate surface area is 129 Å². The fraction of sp³-hybridized carbons (Fsp3) is 0.562. The summed E-state index contributed by atoms with van der Waals surface area (Å²) in [6.45, 7) is 6.69. The number of rotatable bonds is 4. The molecule has 2 aromatic heterocycles. The summed E-state index contributed by atoms with van der Waals surface area (Å²) in [5, 5.41) is 8.06. The summed E-state index contributed by atoms with van der Waals surface area (Å²) in [6.07, 6.45) is 4.57. The van der Waals surface area contributed by atoms with Crippen molar-refractivity contribution in [3.8, 4) is 0 Å². The van der Waals surface area contributed by atoms with E-state index in [0.29, 0.717) is 17.3 Å². The fourth-order valence-electron chi connectivity index (χ4n) is 3.04. The van der Waals surface area contributed by atoms with Crippen molar-refractivity contribution in [2.24, 2.45) is 0 Å². The first-order valence-electron chi connectivity index (χ1n) is 7.94. The van der Waals surface area contributed by atoms with Crippen LogP contribution in [0.1, 0.15) is 42.2 Å². The summed E-state index contributed by atoms with van der Waals surface area (Å²) in [7, 11) is 0. The number of piperidine rings is 1. The van der Waals surface area contributed by atoms with Crippen LogP contribution in [0.4, 0.5) is 0 Å². The van der Waals surface area contributed by atoms with E-state index in [1.165, 1.54) is 0 Å². The number of fused-ring (bicyclic) bond motifs is 1. The highest BCUT2D eigenvalue weighted by Gasteiger charge is 2.26. The minimum Gasteiger partial charge on any atom is -0.336 e. The number of aryl methyl sites for hydroxylation is 1. The van der Waals surface area contributed by atoms with Gasteiger partial charge in [0.25, 0.3) is 11.6 Å². The normalized spacial score (nSPS) is 16.1. The van der Waals surface area contributed by atoms with Crippen molar-refractivity contribution in [2.45, 2.75) is 39.2 Å². The smallest absolute Gasteiger partial charge is 0.257 e. The fourth-order valence-corrected chi connectivity index (χ4v) is 3.04. The van der Waals surface area contributed by atoms with Gasteiger partial charge < -0.3 is 14.7 Å². The molecule has 1 aliphatic heterocycles. The van der Waals surface area contributed by atoms with Gasteiger partial charge in [-0.25, -0.2) is 4.98 Å². The van der Waals surface area contributed by atoms with Crippen LogP contribution in [0.2, 0.25) is 0 Å². The van der Waals surface area contributed by atoms with Crippen molar-refractivity contribution in [1.29, 1.82) is 0 Å². The molecule has 0 saturated carbocycles. The van der Waals surface area contributed by atoms with Crippen LogP contribution in [0, 0.1) is 6.92 Å². The van der Waals surface area contributed by atoms with Crippen LogP contribution >= 0.6 is 0 Å². The maximum Gasteiger partial charge on any atom is 0.257 e. The molecule has 6 nitrogen and oxygen atoms in total. The Balaban J connectivity index is 1.88. The Morgan fingerprint density at radius 1 is 1.45 bits per heavy atom.